The summed E-state index contributed by atoms with van der Waals surface area (Å²) in [5.74, 6) is -0.0649. The summed E-state index contributed by atoms with van der Waals surface area (Å²) in [6.45, 7) is 0.0697. The van der Waals surface area contributed by atoms with Crippen molar-refractivity contribution < 1.29 is 18.3 Å². The minimum absolute atomic E-state index is 0.0649. The van der Waals surface area contributed by atoms with Crippen LogP contribution in [-0.2, 0) is 12.7 Å². The largest absolute Gasteiger partial charge is 0.508 e. The first-order chi connectivity index (χ1) is 10.3. The van der Waals surface area contributed by atoms with Crippen molar-refractivity contribution in [2.75, 3.05) is 0 Å². The number of aromatic nitrogens is 1. The first-order valence-corrected chi connectivity index (χ1v) is 6.86. The van der Waals surface area contributed by atoms with Gasteiger partial charge in [-0.3, -0.25) is 0 Å². The van der Waals surface area contributed by atoms with Crippen LogP contribution in [0.3, 0.4) is 0 Å². The molecule has 0 aliphatic heterocycles. The van der Waals surface area contributed by atoms with Crippen LogP contribution in [0, 0.1) is 0 Å². The molecular formula is C16H11ClF3NO. The van der Waals surface area contributed by atoms with Gasteiger partial charge >= 0.3 is 6.18 Å². The van der Waals surface area contributed by atoms with Gasteiger partial charge in [-0.15, -0.1) is 0 Å². The standard InChI is InChI=1S/C16H11ClF3NO/c17-12-3-1-10(2-4-12)9-21-14-6-5-13(22)7-11(14)8-15(21)16(18,19)20/h1-8,22H,9H2. The van der Waals surface area contributed by atoms with Crippen LogP contribution in [0.2, 0.25) is 5.02 Å². The normalized spacial score (nSPS) is 12.0. The average Bonchev–Trinajstić information content (AvgIpc) is 2.79. The summed E-state index contributed by atoms with van der Waals surface area (Å²) in [6.07, 6.45) is -4.47. The lowest BCUT2D eigenvalue weighted by Gasteiger charge is -2.13. The van der Waals surface area contributed by atoms with Crippen LogP contribution in [0.4, 0.5) is 13.2 Å². The van der Waals surface area contributed by atoms with Crippen LogP contribution >= 0.6 is 11.6 Å². The minimum atomic E-state index is -4.47. The Morgan fingerprint density at radius 1 is 1.00 bits per heavy atom. The molecule has 1 heterocycles. The van der Waals surface area contributed by atoms with E-state index in [1.165, 1.54) is 22.8 Å². The van der Waals surface area contributed by atoms with E-state index in [1.54, 1.807) is 24.3 Å². The number of alkyl halides is 3. The number of benzene rings is 2. The number of halogens is 4. The molecule has 6 heteroatoms. The lowest BCUT2D eigenvalue weighted by atomic mass is 10.2. The third kappa shape index (κ3) is 2.76. The third-order valence-corrected chi connectivity index (χ3v) is 3.68. The topological polar surface area (TPSA) is 25.2 Å². The van der Waals surface area contributed by atoms with E-state index in [9.17, 15) is 18.3 Å². The number of aromatic hydroxyl groups is 1. The highest BCUT2D eigenvalue weighted by molar-refractivity contribution is 6.30. The molecule has 0 saturated carbocycles. The molecule has 22 heavy (non-hydrogen) atoms. The van der Waals surface area contributed by atoms with Gasteiger partial charge in [-0.2, -0.15) is 13.2 Å². The molecule has 0 radical (unpaired) electrons. The van der Waals surface area contributed by atoms with Gasteiger partial charge in [0.1, 0.15) is 11.4 Å². The van der Waals surface area contributed by atoms with Crippen molar-refractivity contribution in [2.24, 2.45) is 0 Å². The fourth-order valence-electron chi connectivity index (χ4n) is 2.44. The molecule has 0 fully saturated rings. The third-order valence-electron chi connectivity index (χ3n) is 3.43. The summed E-state index contributed by atoms with van der Waals surface area (Å²) in [7, 11) is 0. The summed E-state index contributed by atoms with van der Waals surface area (Å²) >= 11 is 5.80. The van der Waals surface area contributed by atoms with E-state index in [-0.39, 0.29) is 12.3 Å². The quantitative estimate of drug-likeness (QED) is 0.699. The highest BCUT2D eigenvalue weighted by atomic mass is 35.5. The van der Waals surface area contributed by atoms with Crippen LogP contribution in [0.1, 0.15) is 11.3 Å². The molecule has 0 aliphatic rings. The van der Waals surface area contributed by atoms with Gasteiger partial charge in [-0.1, -0.05) is 23.7 Å². The molecule has 0 spiro atoms. The lowest BCUT2D eigenvalue weighted by molar-refractivity contribution is -0.143. The molecule has 2 nitrogen and oxygen atoms in total. The van der Waals surface area contributed by atoms with Crippen LogP contribution < -0.4 is 0 Å². The Morgan fingerprint density at radius 2 is 1.68 bits per heavy atom. The summed E-state index contributed by atoms with van der Waals surface area (Å²) in [5, 5.41) is 10.3. The summed E-state index contributed by atoms with van der Waals surface area (Å²) in [4.78, 5) is 0. The van der Waals surface area contributed by atoms with E-state index >= 15 is 0 Å². The SMILES string of the molecule is Oc1ccc2c(c1)cc(C(F)(F)F)n2Cc1ccc(Cl)cc1. The first-order valence-electron chi connectivity index (χ1n) is 6.48. The number of nitrogens with zero attached hydrogens (tertiary/aromatic N) is 1. The summed E-state index contributed by atoms with van der Waals surface area (Å²) in [5.41, 5.74) is 0.378. The van der Waals surface area contributed by atoms with E-state index in [0.717, 1.165) is 6.07 Å². The van der Waals surface area contributed by atoms with Gasteiger partial charge in [0.2, 0.25) is 0 Å². The first kappa shape index (κ1) is 14.8. The maximum absolute atomic E-state index is 13.2. The Labute approximate surface area is 129 Å². The van der Waals surface area contributed by atoms with Gasteiger partial charge < -0.3 is 9.67 Å². The second-order valence-electron chi connectivity index (χ2n) is 4.98. The van der Waals surface area contributed by atoms with Crippen molar-refractivity contribution >= 4 is 22.5 Å². The van der Waals surface area contributed by atoms with Gasteiger partial charge in [0.05, 0.1) is 0 Å². The molecule has 2 aromatic carbocycles. The van der Waals surface area contributed by atoms with E-state index in [2.05, 4.69) is 0 Å². The number of phenols is 1. The Balaban J connectivity index is 2.15. The zero-order chi connectivity index (χ0) is 15.9. The summed E-state index contributed by atoms with van der Waals surface area (Å²) < 4.78 is 40.9. The number of hydrogen-bond donors (Lipinski definition) is 1. The average molecular weight is 326 g/mol. The number of rotatable bonds is 2. The van der Waals surface area contributed by atoms with Gasteiger partial charge in [0.25, 0.3) is 0 Å². The molecule has 0 amide bonds. The Kier molecular flexibility index (Phi) is 3.53. The number of hydrogen-bond acceptors (Lipinski definition) is 1. The molecule has 1 N–H and O–H groups in total. The number of phenolic OH excluding ortho intramolecular Hbond substituents is 1. The molecule has 0 unspecified atom stereocenters. The van der Waals surface area contributed by atoms with Gasteiger partial charge in [0, 0.05) is 22.5 Å². The van der Waals surface area contributed by atoms with Gasteiger partial charge in [-0.25, -0.2) is 0 Å². The molecular weight excluding hydrogens is 315 g/mol. The highest BCUT2D eigenvalue weighted by Gasteiger charge is 2.35. The zero-order valence-electron chi connectivity index (χ0n) is 11.2. The van der Waals surface area contributed by atoms with Crippen molar-refractivity contribution in [1.29, 1.82) is 0 Å². The van der Waals surface area contributed by atoms with Crippen LogP contribution in [-0.4, -0.2) is 9.67 Å². The minimum Gasteiger partial charge on any atom is -0.508 e. The molecule has 3 aromatic rings. The molecule has 0 saturated heterocycles. The van der Waals surface area contributed by atoms with E-state index < -0.39 is 11.9 Å². The second kappa shape index (κ2) is 5.25. The Bertz CT molecular complexity index is 822. The van der Waals surface area contributed by atoms with Crippen LogP contribution in [0.5, 0.6) is 5.75 Å². The van der Waals surface area contributed by atoms with Crippen molar-refractivity contribution in [1.82, 2.24) is 4.57 Å². The maximum Gasteiger partial charge on any atom is 0.431 e. The van der Waals surface area contributed by atoms with Gasteiger partial charge in [0.15, 0.2) is 0 Å². The molecule has 0 bridgehead atoms. The fraction of sp³-hybridized carbons (Fsp3) is 0.125. The Morgan fingerprint density at radius 3 is 2.32 bits per heavy atom. The smallest absolute Gasteiger partial charge is 0.431 e. The highest BCUT2D eigenvalue weighted by Crippen LogP contribution is 2.35. The zero-order valence-corrected chi connectivity index (χ0v) is 12.0. The van der Waals surface area contributed by atoms with Crippen molar-refractivity contribution in [3.63, 3.8) is 0 Å². The predicted octanol–water partition coefficient (Wildman–Crippen LogP) is 5.07. The fourth-order valence-corrected chi connectivity index (χ4v) is 2.56. The van der Waals surface area contributed by atoms with E-state index in [1.807, 2.05) is 0 Å². The predicted molar refractivity (Wildman–Crippen MR) is 79.2 cm³/mol. The Hall–Kier alpha value is -2.14. The van der Waals surface area contributed by atoms with Crippen molar-refractivity contribution in [2.45, 2.75) is 12.7 Å². The monoisotopic (exact) mass is 325 g/mol. The second-order valence-corrected chi connectivity index (χ2v) is 5.42. The van der Waals surface area contributed by atoms with Crippen molar-refractivity contribution in [3.05, 3.63) is 64.8 Å². The molecule has 1 aromatic heterocycles. The lowest BCUT2D eigenvalue weighted by Crippen LogP contribution is -2.14. The van der Waals surface area contributed by atoms with E-state index in [4.69, 9.17) is 11.6 Å². The van der Waals surface area contributed by atoms with Gasteiger partial charge in [-0.05, 0) is 42.0 Å². The van der Waals surface area contributed by atoms with Crippen molar-refractivity contribution in [3.8, 4) is 5.75 Å². The summed E-state index contributed by atoms with van der Waals surface area (Å²) in [6, 6.07) is 11.9. The van der Waals surface area contributed by atoms with E-state index in [0.29, 0.717) is 21.5 Å². The van der Waals surface area contributed by atoms with Crippen LogP contribution in [0.25, 0.3) is 10.9 Å². The molecule has 0 aliphatic carbocycles. The molecule has 114 valence electrons. The molecule has 0 atom stereocenters. The maximum atomic E-state index is 13.2. The molecule has 3 rings (SSSR count). The van der Waals surface area contributed by atoms with Crippen LogP contribution in [0.15, 0.2) is 48.5 Å². The number of fused-ring (bicyclic) bond motifs is 1.